The highest BCUT2D eigenvalue weighted by Gasteiger charge is 2.29. The van der Waals surface area contributed by atoms with Crippen LogP contribution in [0.4, 0.5) is 5.69 Å². The van der Waals surface area contributed by atoms with Gasteiger partial charge in [0, 0.05) is 17.7 Å². The van der Waals surface area contributed by atoms with Crippen LogP contribution in [0.3, 0.4) is 0 Å². The summed E-state index contributed by atoms with van der Waals surface area (Å²) in [4.78, 5) is 34.9. The lowest BCUT2D eigenvalue weighted by atomic mass is 9.99. The maximum absolute atomic E-state index is 11.9. The third-order valence-corrected chi connectivity index (χ3v) is 4.22. The molecular weight excluding hydrogens is 324 g/mol. The predicted molar refractivity (Wildman–Crippen MR) is 92.3 cm³/mol. The molecule has 0 heterocycles. The van der Waals surface area contributed by atoms with E-state index in [9.17, 15) is 19.5 Å². The Morgan fingerprint density at radius 3 is 2.64 bits per heavy atom. The van der Waals surface area contributed by atoms with Gasteiger partial charge in [-0.05, 0) is 30.9 Å². The van der Waals surface area contributed by atoms with Crippen molar-refractivity contribution >= 4 is 23.5 Å². The number of ether oxygens (including phenoxy) is 1. The SMILES string of the molecule is CCC(C)C(NC(=O)COc1cccc(NC(=O)C2CC2)c1)C(=O)O. The molecule has 0 aromatic heterocycles. The number of anilines is 1. The summed E-state index contributed by atoms with van der Waals surface area (Å²) >= 11 is 0. The first-order valence-corrected chi connectivity index (χ1v) is 8.46. The number of hydrogen-bond donors (Lipinski definition) is 3. The first-order valence-electron chi connectivity index (χ1n) is 8.46. The maximum atomic E-state index is 11.9. The second-order valence-electron chi connectivity index (χ2n) is 6.35. The van der Waals surface area contributed by atoms with Crippen molar-refractivity contribution in [3.63, 3.8) is 0 Å². The summed E-state index contributed by atoms with van der Waals surface area (Å²) < 4.78 is 5.40. The van der Waals surface area contributed by atoms with E-state index in [1.54, 1.807) is 31.2 Å². The summed E-state index contributed by atoms with van der Waals surface area (Å²) in [6, 6.07) is 5.83. The van der Waals surface area contributed by atoms with E-state index in [-0.39, 0.29) is 24.3 Å². The second kappa shape index (κ2) is 8.50. The summed E-state index contributed by atoms with van der Waals surface area (Å²) in [7, 11) is 0. The zero-order valence-electron chi connectivity index (χ0n) is 14.5. The number of aliphatic carboxylic acids is 1. The molecule has 0 saturated heterocycles. The minimum Gasteiger partial charge on any atom is -0.484 e. The minimum atomic E-state index is -1.06. The molecule has 1 aliphatic carbocycles. The van der Waals surface area contributed by atoms with Crippen molar-refractivity contribution in [2.24, 2.45) is 11.8 Å². The summed E-state index contributed by atoms with van der Waals surface area (Å²) in [5.41, 5.74) is 0.609. The van der Waals surface area contributed by atoms with Crippen molar-refractivity contribution in [3.8, 4) is 5.75 Å². The molecule has 2 rings (SSSR count). The van der Waals surface area contributed by atoms with E-state index in [1.165, 1.54) is 0 Å². The van der Waals surface area contributed by atoms with Gasteiger partial charge in [-0.1, -0.05) is 26.3 Å². The van der Waals surface area contributed by atoms with E-state index in [1.807, 2.05) is 6.92 Å². The van der Waals surface area contributed by atoms with Crippen LogP contribution >= 0.6 is 0 Å². The van der Waals surface area contributed by atoms with Gasteiger partial charge < -0.3 is 20.5 Å². The fraction of sp³-hybridized carbons (Fsp3) is 0.500. The van der Waals surface area contributed by atoms with Crippen molar-refractivity contribution in [1.29, 1.82) is 0 Å². The molecule has 25 heavy (non-hydrogen) atoms. The van der Waals surface area contributed by atoms with Gasteiger partial charge in [0.05, 0.1) is 0 Å². The molecule has 0 radical (unpaired) electrons. The van der Waals surface area contributed by atoms with E-state index in [4.69, 9.17) is 4.74 Å². The monoisotopic (exact) mass is 348 g/mol. The first-order chi connectivity index (χ1) is 11.9. The third kappa shape index (κ3) is 5.77. The first kappa shape index (κ1) is 18.8. The fourth-order valence-corrected chi connectivity index (χ4v) is 2.30. The molecule has 2 unspecified atom stereocenters. The minimum absolute atomic E-state index is 0.00672. The van der Waals surface area contributed by atoms with Crippen LogP contribution in [0.15, 0.2) is 24.3 Å². The highest BCUT2D eigenvalue weighted by molar-refractivity contribution is 5.94. The van der Waals surface area contributed by atoms with Crippen LogP contribution in [0.25, 0.3) is 0 Å². The van der Waals surface area contributed by atoms with Crippen LogP contribution in [0.1, 0.15) is 33.1 Å². The van der Waals surface area contributed by atoms with Crippen molar-refractivity contribution in [3.05, 3.63) is 24.3 Å². The van der Waals surface area contributed by atoms with E-state index in [2.05, 4.69) is 10.6 Å². The Morgan fingerprint density at radius 1 is 1.32 bits per heavy atom. The van der Waals surface area contributed by atoms with Crippen molar-refractivity contribution in [2.75, 3.05) is 11.9 Å². The van der Waals surface area contributed by atoms with Gasteiger partial charge in [0.1, 0.15) is 11.8 Å². The Hall–Kier alpha value is -2.57. The van der Waals surface area contributed by atoms with Gasteiger partial charge in [0.25, 0.3) is 5.91 Å². The number of hydrogen-bond acceptors (Lipinski definition) is 4. The van der Waals surface area contributed by atoms with Gasteiger partial charge in [-0.2, -0.15) is 0 Å². The number of carbonyl (C=O) groups is 3. The molecule has 1 saturated carbocycles. The second-order valence-corrected chi connectivity index (χ2v) is 6.35. The van der Waals surface area contributed by atoms with Crippen LogP contribution in [0, 0.1) is 11.8 Å². The summed E-state index contributed by atoms with van der Waals surface area (Å²) in [5, 5.41) is 14.5. The highest BCUT2D eigenvalue weighted by Crippen LogP contribution is 2.30. The molecule has 0 aliphatic heterocycles. The third-order valence-electron chi connectivity index (χ3n) is 4.22. The maximum Gasteiger partial charge on any atom is 0.326 e. The molecule has 0 spiro atoms. The normalized spacial score (nSPS) is 15.8. The Labute approximate surface area is 146 Å². The molecular formula is C18H24N2O5. The van der Waals surface area contributed by atoms with Gasteiger partial charge in [-0.25, -0.2) is 4.79 Å². The zero-order chi connectivity index (χ0) is 18.4. The Kier molecular flexibility index (Phi) is 6.38. The van der Waals surface area contributed by atoms with Crippen LogP contribution in [0.5, 0.6) is 5.75 Å². The molecule has 1 aromatic rings. The summed E-state index contributed by atoms with van der Waals surface area (Å²) in [6.45, 7) is 3.34. The van der Waals surface area contributed by atoms with Gasteiger partial charge in [0.2, 0.25) is 5.91 Å². The number of rotatable bonds is 9. The van der Waals surface area contributed by atoms with E-state index < -0.39 is 17.9 Å². The highest BCUT2D eigenvalue weighted by atomic mass is 16.5. The molecule has 2 amide bonds. The number of benzene rings is 1. The van der Waals surface area contributed by atoms with Gasteiger partial charge in [-0.3, -0.25) is 9.59 Å². The van der Waals surface area contributed by atoms with E-state index >= 15 is 0 Å². The molecule has 2 atom stereocenters. The number of nitrogens with one attached hydrogen (secondary N) is 2. The molecule has 1 aromatic carbocycles. The molecule has 136 valence electrons. The lowest BCUT2D eigenvalue weighted by molar-refractivity contribution is -0.143. The quantitative estimate of drug-likeness (QED) is 0.633. The number of amides is 2. The molecule has 0 bridgehead atoms. The van der Waals surface area contributed by atoms with Crippen LogP contribution in [-0.4, -0.2) is 35.5 Å². The lowest BCUT2D eigenvalue weighted by Gasteiger charge is -2.20. The molecule has 7 heteroatoms. The smallest absolute Gasteiger partial charge is 0.326 e. The molecule has 1 aliphatic rings. The standard InChI is InChI=1S/C18H24N2O5/c1-3-11(2)16(18(23)24)20-15(21)10-25-14-6-4-5-13(9-14)19-17(22)12-7-8-12/h4-6,9,11-12,16H,3,7-8,10H2,1-2H3,(H,19,22)(H,20,21)(H,23,24). The van der Waals surface area contributed by atoms with E-state index in [0.29, 0.717) is 17.9 Å². The number of carboxylic acids is 1. The molecule has 3 N–H and O–H groups in total. The predicted octanol–water partition coefficient (Wildman–Crippen LogP) is 2.03. The van der Waals surface area contributed by atoms with Gasteiger partial charge in [-0.15, -0.1) is 0 Å². The van der Waals surface area contributed by atoms with Crippen molar-refractivity contribution in [1.82, 2.24) is 5.32 Å². The van der Waals surface area contributed by atoms with Crippen molar-refractivity contribution < 1.29 is 24.2 Å². The average Bonchev–Trinajstić information content (AvgIpc) is 3.42. The van der Waals surface area contributed by atoms with E-state index in [0.717, 1.165) is 12.8 Å². The molecule has 1 fully saturated rings. The van der Waals surface area contributed by atoms with Crippen LogP contribution in [0.2, 0.25) is 0 Å². The molecule has 7 nitrogen and oxygen atoms in total. The Balaban J connectivity index is 1.86. The zero-order valence-corrected chi connectivity index (χ0v) is 14.5. The largest absolute Gasteiger partial charge is 0.484 e. The van der Waals surface area contributed by atoms with Crippen molar-refractivity contribution in [2.45, 2.75) is 39.2 Å². The fourth-order valence-electron chi connectivity index (χ4n) is 2.30. The lowest BCUT2D eigenvalue weighted by Crippen LogP contribution is -2.46. The van der Waals surface area contributed by atoms with Gasteiger partial charge >= 0.3 is 5.97 Å². The Bertz CT molecular complexity index is 642. The topological polar surface area (TPSA) is 105 Å². The summed E-state index contributed by atoms with van der Waals surface area (Å²) in [6.07, 6.45) is 2.48. The summed E-state index contributed by atoms with van der Waals surface area (Å²) in [5.74, 6) is -1.22. The number of carboxylic acid groups (broad SMARTS) is 1. The number of carbonyl (C=O) groups excluding carboxylic acids is 2. The van der Waals surface area contributed by atoms with Crippen LogP contribution < -0.4 is 15.4 Å². The van der Waals surface area contributed by atoms with Gasteiger partial charge in [0.15, 0.2) is 6.61 Å². The Morgan fingerprint density at radius 2 is 2.04 bits per heavy atom. The van der Waals surface area contributed by atoms with Crippen LogP contribution in [-0.2, 0) is 14.4 Å². The average molecular weight is 348 g/mol.